The molecule has 0 bridgehead atoms. The molecule has 1 unspecified atom stereocenters. The molecule has 0 saturated carbocycles. The summed E-state index contributed by atoms with van der Waals surface area (Å²) >= 11 is 0. The molecule has 2 aliphatic heterocycles. The van der Waals surface area contributed by atoms with Crippen LogP contribution in [0, 0.1) is 5.82 Å². The van der Waals surface area contributed by atoms with E-state index in [1.54, 1.807) is 18.3 Å². The summed E-state index contributed by atoms with van der Waals surface area (Å²) in [7, 11) is 3.81. The maximum Gasteiger partial charge on any atom is 0.236 e. The molecule has 0 radical (unpaired) electrons. The summed E-state index contributed by atoms with van der Waals surface area (Å²) in [5.74, 6) is 0.753. The van der Waals surface area contributed by atoms with Crippen LogP contribution in [0.1, 0.15) is 50.6 Å². The lowest BCUT2D eigenvalue weighted by molar-refractivity contribution is -0.134. The molecular weight excluding hydrogens is 405 g/mol. The zero-order valence-electron chi connectivity index (χ0n) is 19.4. The number of benzene rings is 1. The summed E-state index contributed by atoms with van der Waals surface area (Å²) in [6, 6.07) is 7.28. The fraction of sp³-hybridized carbons (Fsp3) is 0.560. The summed E-state index contributed by atoms with van der Waals surface area (Å²) in [4.78, 5) is 28.4. The third-order valence-corrected chi connectivity index (χ3v) is 6.88. The Kier molecular flexibility index (Phi) is 7.04. The molecule has 2 aromatic rings. The minimum absolute atomic E-state index is 0.171. The van der Waals surface area contributed by atoms with Gasteiger partial charge >= 0.3 is 0 Å². The lowest BCUT2D eigenvalue weighted by Gasteiger charge is -2.37. The molecule has 172 valence electrons. The number of carbonyl (C=O) groups excluding carboxylic acids is 1. The van der Waals surface area contributed by atoms with Gasteiger partial charge in [-0.3, -0.25) is 9.69 Å². The molecular formula is C25H34FN5O. The van der Waals surface area contributed by atoms with E-state index < -0.39 is 0 Å². The fourth-order valence-electron chi connectivity index (χ4n) is 4.87. The number of piperidine rings is 2. The topological polar surface area (TPSA) is 52.6 Å². The molecule has 6 nitrogen and oxygen atoms in total. The maximum atomic E-state index is 14.6. The van der Waals surface area contributed by atoms with Crippen LogP contribution in [0.5, 0.6) is 0 Å². The van der Waals surface area contributed by atoms with Gasteiger partial charge in [-0.05, 0) is 45.2 Å². The Labute approximate surface area is 190 Å². The Bertz CT molecular complexity index is 942. The Hall–Kier alpha value is -2.54. The van der Waals surface area contributed by atoms with Crippen LogP contribution in [0.4, 0.5) is 10.3 Å². The smallest absolute Gasteiger partial charge is 0.236 e. The van der Waals surface area contributed by atoms with Gasteiger partial charge in [0.1, 0.15) is 5.82 Å². The van der Waals surface area contributed by atoms with E-state index in [2.05, 4.69) is 16.8 Å². The second-order valence-electron chi connectivity index (χ2n) is 9.31. The zero-order valence-corrected chi connectivity index (χ0v) is 19.4. The van der Waals surface area contributed by atoms with E-state index >= 15 is 0 Å². The molecule has 0 aliphatic carbocycles. The average molecular weight is 440 g/mol. The largest absolute Gasteiger partial charge is 0.347 e. The number of halogens is 1. The van der Waals surface area contributed by atoms with Gasteiger partial charge < -0.3 is 9.80 Å². The van der Waals surface area contributed by atoms with Gasteiger partial charge in [0.25, 0.3) is 0 Å². The van der Waals surface area contributed by atoms with Gasteiger partial charge in [-0.2, -0.15) is 0 Å². The molecule has 1 amide bonds. The predicted octanol–water partition coefficient (Wildman–Crippen LogP) is 3.93. The molecule has 7 heteroatoms. The van der Waals surface area contributed by atoms with Crippen molar-refractivity contribution in [2.24, 2.45) is 0 Å². The van der Waals surface area contributed by atoms with E-state index in [4.69, 9.17) is 4.98 Å². The molecule has 0 spiro atoms. The van der Waals surface area contributed by atoms with Crippen LogP contribution in [0.15, 0.2) is 30.5 Å². The molecule has 4 rings (SSSR count). The molecule has 0 N–H and O–H groups in total. The first-order valence-corrected chi connectivity index (χ1v) is 11.7. The van der Waals surface area contributed by atoms with Crippen LogP contribution in [0.2, 0.25) is 0 Å². The number of likely N-dealkylation sites (tertiary alicyclic amines) is 2. The summed E-state index contributed by atoms with van der Waals surface area (Å²) in [5.41, 5.74) is 2.16. The number of anilines is 1. The highest BCUT2D eigenvalue weighted by Crippen LogP contribution is 2.35. The third kappa shape index (κ3) is 4.93. The highest BCUT2D eigenvalue weighted by Gasteiger charge is 2.29. The minimum atomic E-state index is -0.266. The van der Waals surface area contributed by atoms with Gasteiger partial charge in [0.2, 0.25) is 11.9 Å². The van der Waals surface area contributed by atoms with Crippen molar-refractivity contribution in [1.82, 2.24) is 19.8 Å². The molecule has 2 aliphatic rings. The van der Waals surface area contributed by atoms with E-state index in [1.807, 2.05) is 30.0 Å². The van der Waals surface area contributed by atoms with E-state index in [0.717, 1.165) is 30.6 Å². The van der Waals surface area contributed by atoms with Crippen molar-refractivity contribution in [1.29, 1.82) is 0 Å². The number of amides is 1. The zero-order chi connectivity index (χ0) is 22.7. The Morgan fingerprint density at radius 1 is 1.09 bits per heavy atom. The standard InChI is InChI=1S/C25H34FN5O/c1-18-8-6-7-13-31(18)17-23(32)30-14-11-19(12-15-30)24-21(16-27-25(28-24)29(2)3)20-9-4-5-10-22(20)26/h4-5,9-10,16,18-19H,6-8,11-15,17H2,1-3H3. The summed E-state index contributed by atoms with van der Waals surface area (Å²) in [6.07, 6.45) is 7.01. The molecule has 2 fully saturated rings. The van der Waals surface area contributed by atoms with Crippen LogP contribution >= 0.6 is 0 Å². The van der Waals surface area contributed by atoms with Gasteiger partial charge in [0, 0.05) is 56.5 Å². The SMILES string of the molecule is CC1CCCCN1CC(=O)N1CCC(c2nc(N(C)C)ncc2-c2ccccc2F)CC1. The van der Waals surface area contributed by atoms with Crippen molar-refractivity contribution in [3.05, 3.63) is 42.0 Å². The quantitative estimate of drug-likeness (QED) is 0.707. The average Bonchev–Trinajstić information content (AvgIpc) is 2.80. The van der Waals surface area contributed by atoms with Gasteiger partial charge in [0.05, 0.1) is 12.2 Å². The van der Waals surface area contributed by atoms with Crippen molar-refractivity contribution >= 4 is 11.9 Å². The second-order valence-corrected chi connectivity index (χ2v) is 9.31. The summed E-state index contributed by atoms with van der Waals surface area (Å²) < 4.78 is 14.6. The number of rotatable bonds is 5. The van der Waals surface area contributed by atoms with E-state index in [9.17, 15) is 9.18 Å². The van der Waals surface area contributed by atoms with Crippen molar-refractivity contribution < 1.29 is 9.18 Å². The lowest BCUT2D eigenvalue weighted by Crippen LogP contribution is -2.47. The number of aromatic nitrogens is 2. The van der Waals surface area contributed by atoms with Gasteiger partial charge in [0.15, 0.2) is 0 Å². The lowest BCUT2D eigenvalue weighted by atomic mass is 9.88. The third-order valence-electron chi connectivity index (χ3n) is 6.88. The van der Waals surface area contributed by atoms with Crippen LogP contribution in [-0.2, 0) is 4.79 Å². The van der Waals surface area contributed by atoms with Crippen LogP contribution < -0.4 is 4.90 Å². The van der Waals surface area contributed by atoms with E-state index in [-0.39, 0.29) is 17.6 Å². The molecule has 32 heavy (non-hydrogen) atoms. The van der Waals surface area contributed by atoms with Gasteiger partial charge in [-0.25, -0.2) is 14.4 Å². The Morgan fingerprint density at radius 3 is 2.53 bits per heavy atom. The fourth-order valence-corrected chi connectivity index (χ4v) is 4.87. The molecule has 1 aromatic carbocycles. The normalized spacial score (nSPS) is 20.4. The van der Waals surface area contributed by atoms with Gasteiger partial charge in [-0.15, -0.1) is 0 Å². The van der Waals surface area contributed by atoms with E-state index in [1.165, 1.54) is 25.3 Å². The van der Waals surface area contributed by atoms with Crippen LogP contribution in [0.3, 0.4) is 0 Å². The first kappa shape index (κ1) is 22.6. The van der Waals surface area contributed by atoms with Crippen molar-refractivity contribution in [2.75, 3.05) is 45.2 Å². The number of carbonyl (C=O) groups is 1. The van der Waals surface area contributed by atoms with Crippen LogP contribution in [0.25, 0.3) is 11.1 Å². The molecule has 1 atom stereocenters. The number of hydrogen-bond acceptors (Lipinski definition) is 5. The first-order chi connectivity index (χ1) is 15.4. The second kappa shape index (κ2) is 9.94. The highest BCUT2D eigenvalue weighted by atomic mass is 19.1. The number of hydrogen-bond donors (Lipinski definition) is 0. The highest BCUT2D eigenvalue weighted by molar-refractivity contribution is 5.78. The summed E-state index contributed by atoms with van der Waals surface area (Å²) in [6.45, 7) is 5.18. The minimum Gasteiger partial charge on any atom is -0.347 e. The predicted molar refractivity (Wildman–Crippen MR) is 125 cm³/mol. The van der Waals surface area contributed by atoms with Crippen molar-refractivity contribution in [3.63, 3.8) is 0 Å². The van der Waals surface area contributed by atoms with Crippen molar-refractivity contribution in [3.8, 4) is 11.1 Å². The molecule has 2 saturated heterocycles. The molecule has 3 heterocycles. The summed E-state index contributed by atoms with van der Waals surface area (Å²) in [5, 5.41) is 0. The van der Waals surface area contributed by atoms with Gasteiger partial charge in [-0.1, -0.05) is 24.6 Å². The van der Waals surface area contributed by atoms with Crippen LogP contribution in [-0.4, -0.2) is 72.0 Å². The van der Waals surface area contributed by atoms with E-state index in [0.29, 0.717) is 37.2 Å². The maximum absolute atomic E-state index is 14.6. The number of nitrogens with zero attached hydrogens (tertiary/aromatic N) is 5. The monoisotopic (exact) mass is 439 g/mol. The molecule has 1 aromatic heterocycles. The Balaban J connectivity index is 1.49. The Morgan fingerprint density at radius 2 is 1.84 bits per heavy atom. The first-order valence-electron chi connectivity index (χ1n) is 11.7. The van der Waals surface area contributed by atoms with Crippen molar-refractivity contribution in [2.45, 2.75) is 51.0 Å².